The molecule has 1 fully saturated rings. The number of rotatable bonds is 0. The number of amides is 2. The first-order chi connectivity index (χ1) is 8.27. The summed E-state index contributed by atoms with van der Waals surface area (Å²) in [7, 11) is 0. The first kappa shape index (κ1) is 10.3. The maximum absolute atomic E-state index is 12.3. The highest BCUT2D eigenvalue weighted by Gasteiger charge is 2.38. The van der Waals surface area contributed by atoms with Crippen LogP contribution in [0.25, 0.3) is 0 Å². The number of anilines is 1. The minimum Gasteiger partial charge on any atom is -0.343 e. The number of benzene rings is 1. The number of fused-ring (bicyclic) bond motifs is 2. The van der Waals surface area contributed by atoms with E-state index in [1.165, 1.54) is 0 Å². The lowest BCUT2D eigenvalue weighted by Gasteiger charge is -2.30. The monoisotopic (exact) mass is 232 g/mol. The zero-order valence-electron chi connectivity index (χ0n) is 9.35. The Hall–Kier alpha value is -1.88. The topological polar surface area (TPSA) is 66.0 Å². The predicted molar refractivity (Wildman–Crippen MR) is 61.6 cm³/mol. The summed E-state index contributed by atoms with van der Waals surface area (Å²) in [5.41, 5.74) is 1.21. The number of carbonyl (C=O) groups is 2. The van der Waals surface area contributed by atoms with Crippen molar-refractivity contribution in [3.63, 3.8) is 0 Å². The van der Waals surface area contributed by atoms with Gasteiger partial charge in [0, 0.05) is 0 Å². The van der Waals surface area contributed by atoms with Gasteiger partial charge in [-0.05, 0) is 12.1 Å². The Morgan fingerprint density at radius 3 is 3.00 bits per heavy atom. The standard InChI is InChI=1S/C12H13N3O2/c16-11-10-7-13-5-6-15(10)12(17)8-3-1-2-4-9(8)14-11/h1-4,10,13H,5-7H2,(H,14,16)/p+1/t10-/m1/s1. The maximum Gasteiger partial charge on any atom is 0.257 e. The molecule has 0 bridgehead atoms. The molecule has 3 rings (SSSR count). The average molecular weight is 232 g/mol. The predicted octanol–water partition coefficient (Wildman–Crippen LogP) is -0.973. The number of nitrogens with two attached hydrogens (primary N) is 1. The van der Waals surface area contributed by atoms with E-state index in [9.17, 15) is 9.59 Å². The number of carbonyl (C=O) groups excluding carboxylic acids is 2. The average Bonchev–Trinajstić information content (AvgIpc) is 2.48. The van der Waals surface area contributed by atoms with Crippen molar-refractivity contribution >= 4 is 17.5 Å². The van der Waals surface area contributed by atoms with Crippen LogP contribution in [0, 0.1) is 0 Å². The van der Waals surface area contributed by atoms with Crippen molar-refractivity contribution in [2.24, 2.45) is 0 Å². The van der Waals surface area contributed by atoms with Gasteiger partial charge in [0.1, 0.15) is 6.54 Å². The summed E-state index contributed by atoms with van der Waals surface area (Å²) in [5, 5.41) is 4.90. The van der Waals surface area contributed by atoms with Crippen molar-refractivity contribution in [3.8, 4) is 0 Å². The van der Waals surface area contributed by atoms with Gasteiger partial charge in [-0.2, -0.15) is 0 Å². The van der Waals surface area contributed by atoms with Crippen molar-refractivity contribution < 1.29 is 14.9 Å². The minimum atomic E-state index is -0.344. The molecule has 1 atom stereocenters. The third-order valence-electron chi connectivity index (χ3n) is 3.32. The van der Waals surface area contributed by atoms with Crippen LogP contribution in [0.15, 0.2) is 24.3 Å². The SMILES string of the molecule is O=C1Nc2ccccc2C(=O)N2CC[NH2+]C[C@H]12. The summed E-state index contributed by atoms with van der Waals surface area (Å²) in [6.07, 6.45) is 0. The van der Waals surface area contributed by atoms with E-state index in [0.717, 1.165) is 6.54 Å². The van der Waals surface area contributed by atoms with E-state index in [-0.39, 0.29) is 17.9 Å². The van der Waals surface area contributed by atoms with Gasteiger partial charge in [-0.25, -0.2) is 0 Å². The molecule has 0 aromatic heterocycles. The molecule has 2 aliphatic rings. The second kappa shape index (κ2) is 3.85. The van der Waals surface area contributed by atoms with Crippen molar-refractivity contribution in [1.29, 1.82) is 0 Å². The Bertz CT molecular complexity index is 486. The van der Waals surface area contributed by atoms with Gasteiger partial charge < -0.3 is 15.5 Å². The maximum atomic E-state index is 12.3. The normalized spacial score (nSPS) is 23.5. The minimum absolute atomic E-state index is 0.0444. The summed E-state index contributed by atoms with van der Waals surface area (Å²) in [4.78, 5) is 26.0. The van der Waals surface area contributed by atoms with Crippen LogP contribution in [-0.4, -0.2) is 42.4 Å². The molecular formula is C12H14N3O2+. The van der Waals surface area contributed by atoms with Crippen LogP contribution in [0.5, 0.6) is 0 Å². The number of quaternary nitrogens is 1. The Balaban J connectivity index is 2.07. The van der Waals surface area contributed by atoms with Crippen molar-refractivity contribution in [1.82, 2.24) is 4.90 Å². The van der Waals surface area contributed by atoms with E-state index in [1.807, 2.05) is 12.1 Å². The van der Waals surface area contributed by atoms with Gasteiger partial charge in [-0.15, -0.1) is 0 Å². The molecule has 0 unspecified atom stereocenters. The van der Waals surface area contributed by atoms with Crippen LogP contribution < -0.4 is 10.6 Å². The lowest BCUT2D eigenvalue weighted by atomic mass is 10.1. The van der Waals surface area contributed by atoms with Gasteiger partial charge in [0.25, 0.3) is 11.8 Å². The molecule has 5 heteroatoms. The smallest absolute Gasteiger partial charge is 0.257 e. The third kappa shape index (κ3) is 1.59. The molecule has 2 heterocycles. The molecular weight excluding hydrogens is 218 g/mol. The molecule has 0 radical (unpaired) electrons. The lowest BCUT2D eigenvalue weighted by molar-refractivity contribution is -0.665. The highest BCUT2D eigenvalue weighted by molar-refractivity contribution is 6.09. The van der Waals surface area contributed by atoms with Gasteiger partial charge in [0.05, 0.1) is 24.3 Å². The van der Waals surface area contributed by atoms with Crippen molar-refractivity contribution in [2.45, 2.75) is 6.04 Å². The molecule has 0 spiro atoms. The number of para-hydroxylation sites is 1. The van der Waals surface area contributed by atoms with E-state index in [4.69, 9.17) is 0 Å². The van der Waals surface area contributed by atoms with Crippen molar-refractivity contribution in [3.05, 3.63) is 29.8 Å². The van der Waals surface area contributed by atoms with E-state index in [1.54, 1.807) is 17.0 Å². The number of nitrogens with one attached hydrogen (secondary N) is 1. The van der Waals surface area contributed by atoms with Gasteiger partial charge in [0.15, 0.2) is 6.04 Å². The largest absolute Gasteiger partial charge is 0.343 e. The Morgan fingerprint density at radius 2 is 2.12 bits per heavy atom. The second-order valence-electron chi connectivity index (χ2n) is 4.36. The van der Waals surface area contributed by atoms with Crippen LogP contribution in [-0.2, 0) is 4.79 Å². The van der Waals surface area contributed by atoms with Crippen LogP contribution in [0.3, 0.4) is 0 Å². The number of piperazine rings is 1. The van der Waals surface area contributed by atoms with E-state index in [2.05, 4.69) is 10.6 Å². The molecule has 1 aromatic rings. The molecule has 0 saturated carbocycles. The van der Waals surface area contributed by atoms with Crippen LogP contribution in [0.4, 0.5) is 5.69 Å². The highest BCUT2D eigenvalue weighted by Crippen LogP contribution is 2.22. The molecule has 3 N–H and O–H groups in total. The van der Waals surface area contributed by atoms with Gasteiger partial charge in [0.2, 0.25) is 0 Å². The molecule has 5 nitrogen and oxygen atoms in total. The lowest BCUT2D eigenvalue weighted by Crippen LogP contribution is -2.92. The van der Waals surface area contributed by atoms with Gasteiger partial charge in [-0.3, -0.25) is 9.59 Å². The Kier molecular flexibility index (Phi) is 2.33. The molecule has 2 amide bonds. The molecule has 88 valence electrons. The highest BCUT2D eigenvalue weighted by atomic mass is 16.2. The van der Waals surface area contributed by atoms with Gasteiger partial charge in [-0.1, -0.05) is 12.1 Å². The molecule has 1 saturated heterocycles. The summed E-state index contributed by atoms with van der Waals surface area (Å²) in [6.45, 7) is 2.13. The number of nitrogens with zero attached hydrogens (tertiary/aromatic N) is 1. The Labute approximate surface area is 98.8 Å². The molecule has 0 aliphatic carbocycles. The van der Waals surface area contributed by atoms with E-state index < -0.39 is 0 Å². The summed E-state index contributed by atoms with van der Waals surface area (Å²) < 4.78 is 0. The van der Waals surface area contributed by atoms with Crippen molar-refractivity contribution in [2.75, 3.05) is 25.0 Å². The molecule has 2 aliphatic heterocycles. The van der Waals surface area contributed by atoms with Crippen LogP contribution in [0.2, 0.25) is 0 Å². The third-order valence-corrected chi connectivity index (χ3v) is 3.32. The summed E-state index contributed by atoms with van der Waals surface area (Å²) in [6, 6.07) is 6.83. The first-order valence-electron chi connectivity index (χ1n) is 5.80. The number of hydrogen-bond donors (Lipinski definition) is 2. The first-order valence-corrected chi connectivity index (χ1v) is 5.80. The number of hydrogen-bond acceptors (Lipinski definition) is 2. The Morgan fingerprint density at radius 1 is 1.29 bits per heavy atom. The van der Waals surface area contributed by atoms with Crippen LogP contribution in [0.1, 0.15) is 10.4 Å². The fourth-order valence-electron chi connectivity index (χ4n) is 2.43. The fraction of sp³-hybridized carbons (Fsp3) is 0.333. The quantitative estimate of drug-likeness (QED) is 0.604. The fourth-order valence-corrected chi connectivity index (χ4v) is 2.43. The van der Waals surface area contributed by atoms with Crippen LogP contribution >= 0.6 is 0 Å². The van der Waals surface area contributed by atoms with Gasteiger partial charge >= 0.3 is 0 Å². The zero-order chi connectivity index (χ0) is 11.8. The van der Waals surface area contributed by atoms with E-state index in [0.29, 0.717) is 24.3 Å². The molecule has 1 aromatic carbocycles. The second-order valence-corrected chi connectivity index (χ2v) is 4.36. The molecule has 17 heavy (non-hydrogen) atoms. The zero-order valence-corrected chi connectivity index (χ0v) is 9.35. The van der Waals surface area contributed by atoms with E-state index >= 15 is 0 Å². The summed E-state index contributed by atoms with van der Waals surface area (Å²) >= 11 is 0. The summed E-state index contributed by atoms with van der Waals surface area (Å²) in [5.74, 6) is -0.128.